The first-order valence-electron chi connectivity index (χ1n) is 6.24. The van der Waals surface area contributed by atoms with Crippen molar-refractivity contribution in [2.45, 2.75) is 13.0 Å². The lowest BCUT2D eigenvalue weighted by Gasteiger charge is -2.30. The number of carbonyl (C=O) groups excluding carboxylic acids is 1. The zero-order valence-corrected chi connectivity index (χ0v) is 10.2. The van der Waals surface area contributed by atoms with Crippen molar-refractivity contribution >= 4 is 12.0 Å². The first-order valence-corrected chi connectivity index (χ1v) is 6.24. The summed E-state index contributed by atoms with van der Waals surface area (Å²) in [6.45, 7) is 1.94. The number of carbonyl (C=O) groups is 1. The van der Waals surface area contributed by atoms with E-state index in [2.05, 4.69) is 35.2 Å². The third kappa shape index (κ3) is 2.02. The molecule has 0 radical (unpaired) electrons. The molecule has 0 spiro atoms. The van der Waals surface area contributed by atoms with Gasteiger partial charge >= 0.3 is 0 Å². The Morgan fingerprint density at radius 3 is 2.67 bits per heavy atom. The normalized spacial score (nSPS) is 14.1. The molecule has 0 atom stereocenters. The smallest absolute Gasteiger partial charge is 0.150 e. The third-order valence-electron chi connectivity index (χ3n) is 3.50. The molecule has 0 aromatic heterocycles. The summed E-state index contributed by atoms with van der Waals surface area (Å²) in [5.41, 5.74) is 4.71. The van der Waals surface area contributed by atoms with E-state index < -0.39 is 0 Å². The molecule has 0 aliphatic carbocycles. The van der Waals surface area contributed by atoms with Crippen molar-refractivity contribution in [2.75, 3.05) is 11.4 Å². The van der Waals surface area contributed by atoms with Crippen LogP contribution in [0.2, 0.25) is 0 Å². The van der Waals surface area contributed by atoms with Gasteiger partial charge in [-0.25, -0.2) is 0 Å². The predicted octanol–water partition coefficient (Wildman–Crippen LogP) is 3.06. The lowest BCUT2D eigenvalue weighted by atomic mass is 9.99. The average molecular weight is 237 g/mol. The molecule has 0 saturated carbocycles. The van der Waals surface area contributed by atoms with E-state index in [4.69, 9.17) is 0 Å². The van der Waals surface area contributed by atoms with E-state index in [9.17, 15) is 4.79 Å². The van der Waals surface area contributed by atoms with E-state index in [1.165, 1.54) is 11.1 Å². The number of aldehydes is 1. The standard InChI is InChI=1S/C16H15NO/c18-12-13-4-3-7-16(10-13)17-9-8-14-5-1-2-6-15(14)11-17/h1-7,10,12H,8-9,11H2. The summed E-state index contributed by atoms with van der Waals surface area (Å²) >= 11 is 0. The van der Waals surface area contributed by atoms with Crippen LogP contribution in [0.1, 0.15) is 21.5 Å². The van der Waals surface area contributed by atoms with E-state index in [0.717, 1.165) is 37.0 Å². The van der Waals surface area contributed by atoms with Gasteiger partial charge in [0, 0.05) is 24.3 Å². The second kappa shape index (κ2) is 4.65. The van der Waals surface area contributed by atoms with Crippen LogP contribution in [0.25, 0.3) is 0 Å². The second-order valence-electron chi connectivity index (χ2n) is 4.65. The summed E-state index contributed by atoms with van der Waals surface area (Å²) in [5, 5.41) is 0. The molecule has 2 nitrogen and oxygen atoms in total. The molecule has 1 aliphatic heterocycles. The Kier molecular flexibility index (Phi) is 2.85. The highest BCUT2D eigenvalue weighted by Gasteiger charge is 2.15. The molecule has 2 aromatic carbocycles. The number of anilines is 1. The number of fused-ring (bicyclic) bond motifs is 1. The Hall–Kier alpha value is -2.09. The second-order valence-corrected chi connectivity index (χ2v) is 4.65. The van der Waals surface area contributed by atoms with Crippen LogP contribution in [0.5, 0.6) is 0 Å². The van der Waals surface area contributed by atoms with Gasteiger partial charge in [-0.1, -0.05) is 36.4 Å². The molecule has 1 heterocycles. The molecule has 0 saturated heterocycles. The van der Waals surface area contributed by atoms with Crippen LogP contribution in [0, 0.1) is 0 Å². The van der Waals surface area contributed by atoms with E-state index in [1.54, 1.807) is 0 Å². The lowest BCUT2D eigenvalue weighted by molar-refractivity contribution is 0.112. The first-order chi connectivity index (χ1) is 8.86. The van der Waals surface area contributed by atoms with Crippen LogP contribution < -0.4 is 4.90 Å². The van der Waals surface area contributed by atoms with E-state index >= 15 is 0 Å². The molecule has 18 heavy (non-hydrogen) atoms. The number of benzene rings is 2. The van der Waals surface area contributed by atoms with Gasteiger partial charge in [0.15, 0.2) is 0 Å². The van der Waals surface area contributed by atoms with Crippen molar-refractivity contribution in [3.8, 4) is 0 Å². The molecular formula is C16H15NO. The van der Waals surface area contributed by atoms with Gasteiger partial charge in [0.1, 0.15) is 6.29 Å². The molecule has 2 heteroatoms. The van der Waals surface area contributed by atoms with Gasteiger partial charge < -0.3 is 4.90 Å². The minimum Gasteiger partial charge on any atom is -0.367 e. The Bertz CT molecular complexity index is 577. The molecule has 1 aliphatic rings. The fourth-order valence-corrected chi connectivity index (χ4v) is 2.51. The van der Waals surface area contributed by atoms with Gasteiger partial charge in [-0.3, -0.25) is 4.79 Å². The van der Waals surface area contributed by atoms with Crippen molar-refractivity contribution in [2.24, 2.45) is 0 Å². The van der Waals surface area contributed by atoms with Gasteiger partial charge in [-0.2, -0.15) is 0 Å². The summed E-state index contributed by atoms with van der Waals surface area (Å²) in [4.78, 5) is 13.2. The Balaban J connectivity index is 1.89. The van der Waals surface area contributed by atoms with Crippen LogP contribution in [0.4, 0.5) is 5.69 Å². The van der Waals surface area contributed by atoms with Crippen molar-refractivity contribution in [1.82, 2.24) is 0 Å². The monoisotopic (exact) mass is 237 g/mol. The molecule has 2 aromatic rings. The van der Waals surface area contributed by atoms with Crippen molar-refractivity contribution in [1.29, 1.82) is 0 Å². The Morgan fingerprint density at radius 1 is 1.00 bits per heavy atom. The van der Waals surface area contributed by atoms with Gasteiger partial charge in [-0.05, 0) is 29.7 Å². The minimum atomic E-state index is 0.742. The fraction of sp³-hybridized carbons (Fsp3) is 0.188. The minimum absolute atomic E-state index is 0.742. The van der Waals surface area contributed by atoms with E-state index in [0.29, 0.717) is 0 Å². The third-order valence-corrected chi connectivity index (χ3v) is 3.50. The summed E-state index contributed by atoms with van der Waals surface area (Å²) in [6.07, 6.45) is 1.98. The van der Waals surface area contributed by atoms with Crippen molar-refractivity contribution < 1.29 is 4.79 Å². The van der Waals surface area contributed by atoms with Crippen LogP contribution >= 0.6 is 0 Å². The maximum Gasteiger partial charge on any atom is 0.150 e. The summed E-state index contributed by atoms with van der Waals surface area (Å²) < 4.78 is 0. The maximum absolute atomic E-state index is 10.8. The molecule has 0 N–H and O–H groups in total. The average Bonchev–Trinajstić information content (AvgIpc) is 2.47. The number of nitrogens with zero attached hydrogens (tertiary/aromatic N) is 1. The zero-order chi connectivity index (χ0) is 12.4. The van der Waals surface area contributed by atoms with Gasteiger partial charge in [-0.15, -0.1) is 0 Å². The topological polar surface area (TPSA) is 20.3 Å². The maximum atomic E-state index is 10.8. The molecule has 0 bridgehead atoms. The van der Waals surface area contributed by atoms with Gasteiger partial charge in [0.2, 0.25) is 0 Å². The molecule has 0 unspecified atom stereocenters. The molecule has 0 fully saturated rings. The zero-order valence-electron chi connectivity index (χ0n) is 10.2. The molecule has 0 amide bonds. The SMILES string of the molecule is O=Cc1cccc(N2CCc3ccccc3C2)c1. The van der Waals surface area contributed by atoms with Crippen LogP contribution in [-0.4, -0.2) is 12.8 Å². The highest BCUT2D eigenvalue weighted by atomic mass is 16.1. The quantitative estimate of drug-likeness (QED) is 0.748. The lowest BCUT2D eigenvalue weighted by Crippen LogP contribution is -2.30. The van der Waals surface area contributed by atoms with Crippen LogP contribution in [0.15, 0.2) is 48.5 Å². The molecular weight excluding hydrogens is 222 g/mol. The summed E-state index contributed by atoms with van der Waals surface area (Å²) in [5.74, 6) is 0. The fourth-order valence-electron chi connectivity index (χ4n) is 2.51. The Labute approximate surface area is 107 Å². The van der Waals surface area contributed by atoms with Gasteiger partial charge in [0.25, 0.3) is 0 Å². The van der Waals surface area contributed by atoms with Gasteiger partial charge in [0.05, 0.1) is 0 Å². The predicted molar refractivity (Wildman–Crippen MR) is 73.0 cm³/mol. The van der Waals surface area contributed by atoms with Crippen molar-refractivity contribution in [3.05, 3.63) is 65.2 Å². The molecule has 90 valence electrons. The summed E-state index contributed by atoms with van der Waals surface area (Å²) in [7, 11) is 0. The van der Waals surface area contributed by atoms with E-state index in [-0.39, 0.29) is 0 Å². The highest BCUT2D eigenvalue weighted by molar-refractivity contribution is 5.77. The highest BCUT2D eigenvalue weighted by Crippen LogP contribution is 2.24. The van der Waals surface area contributed by atoms with E-state index in [1.807, 2.05) is 18.2 Å². The number of hydrogen-bond donors (Lipinski definition) is 0. The van der Waals surface area contributed by atoms with Crippen LogP contribution in [-0.2, 0) is 13.0 Å². The molecule has 3 rings (SSSR count). The summed E-state index contributed by atoms with van der Waals surface area (Å²) in [6, 6.07) is 16.4. The number of rotatable bonds is 2. The first kappa shape index (κ1) is 11.0. The Morgan fingerprint density at radius 2 is 1.83 bits per heavy atom. The van der Waals surface area contributed by atoms with Crippen LogP contribution in [0.3, 0.4) is 0 Å². The van der Waals surface area contributed by atoms with Crippen molar-refractivity contribution in [3.63, 3.8) is 0 Å². The number of hydrogen-bond acceptors (Lipinski definition) is 2. The largest absolute Gasteiger partial charge is 0.367 e.